The highest BCUT2D eigenvalue weighted by molar-refractivity contribution is 6.73. The van der Waals surface area contributed by atoms with Gasteiger partial charge in [-0.05, 0) is 38.0 Å². The van der Waals surface area contributed by atoms with Gasteiger partial charge in [0.1, 0.15) is 0 Å². The molecule has 0 bridgehead atoms. The highest BCUT2D eigenvalue weighted by atomic mass is 35.5. The molecule has 2 nitrogen and oxygen atoms in total. The monoisotopic (exact) mass is 303 g/mol. The number of halogens is 2. The van der Waals surface area contributed by atoms with Crippen molar-refractivity contribution in [2.45, 2.75) is 58.4 Å². The molecule has 0 saturated heterocycles. The van der Waals surface area contributed by atoms with Gasteiger partial charge in [-0.3, -0.25) is 0 Å². The van der Waals surface area contributed by atoms with Gasteiger partial charge in [-0.15, -0.1) is 0 Å². The summed E-state index contributed by atoms with van der Waals surface area (Å²) in [6, 6.07) is 4.75. The lowest BCUT2D eigenvalue weighted by Crippen LogP contribution is -2.43. The maximum Gasteiger partial charge on any atom is 0.193 e. The highest BCUT2D eigenvalue weighted by Gasteiger charge is 2.37. The van der Waals surface area contributed by atoms with Crippen LogP contribution in [0.4, 0.5) is 4.39 Å². The van der Waals surface area contributed by atoms with E-state index in [0.29, 0.717) is 5.56 Å². The van der Waals surface area contributed by atoms with E-state index in [2.05, 4.69) is 25.8 Å². The normalized spacial score (nSPS) is 12.8. The summed E-state index contributed by atoms with van der Waals surface area (Å²) in [5, 5.41) is -0.0917. The molecule has 1 aromatic rings. The Balaban J connectivity index is 3.13. The zero-order valence-electron chi connectivity index (χ0n) is 12.4. The molecule has 0 radical (unpaired) electrons. The number of hydrogen-bond acceptors (Lipinski definition) is 2. The molecule has 108 valence electrons. The molecule has 0 amide bonds. The average Bonchev–Trinajstić information content (AvgIpc) is 2.39. The largest absolute Gasteiger partial charge is 0.408 e. The van der Waals surface area contributed by atoms with E-state index in [4.69, 9.17) is 16.0 Å². The van der Waals surface area contributed by atoms with Gasteiger partial charge in [-0.1, -0.05) is 32.4 Å². The van der Waals surface area contributed by atoms with Crippen LogP contribution >= 0.6 is 11.6 Å². The van der Waals surface area contributed by atoms with Crippen LogP contribution in [0, 0.1) is 5.82 Å². The first kappa shape index (κ1) is 16.6. The lowest BCUT2D eigenvalue weighted by Gasteiger charge is -2.38. The zero-order chi connectivity index (χ0) is 14.7. The summed E-state index contributed by atoms with van der Waals surface area (Å²) >= 11 is 5.76. The molecule has 0 aliphatic carbocycles. The van der Waals surface area contributed by atoms with Gasteiger partial charge >= 0.3 is 0 Å². The number of rotatable bonds is 6. The molecule has 1 aromatic heterocycles. The van der Waals surface area contributed by atoms with Crippen LogP contribution in [0.15, 0.2) is 12.3 Å². The summed E-state index contributed by atoms with van der Waals surface area (Å²) in [5.74, 6) is -0.472. The van der Waals surface area contributed by atoms with E-state index < -0.39 is 19.7 Å². The fourth-order valence-electron chi connectivity index (χ4n) is 2.45. The topological polar surface area (TPSA) is 22.1 Å². The maximum absolute atomic E-state index is 14.1. The van der Waals surface area contributed by atoms with Crippen LogP contribution in [0.2, 0.25) is 23.3 Å². The van der Waals surface area contributed by atoms with Crippen molar-refractivity contribution in [2.75, 3.05) is 0 Å². The van der Waals surface area contributed by atoms with E-state index in [0.717, 1.165) is 18.1 Å². The Labute approximate surface area is 121 Å². The molecule has 5 heteroatoms. The molecule has 0 spiro atoms. The lowest BCUT2D eigenvalue weighted by atomic mass is 9.99. The molecule has 1 rings (SSSR count). The third-order valence-electron chi connectivity index (χ3n) is 3.90. The number of pyridine rings is 1. The van der Waals surface area contributed by atoms with Crippen molar-refractivity contribution in [2.24, 2.45) is 0 Å². The summed E-state index contributed by atoms with van der Waals surface area (Å²) < 4.78 is 20.5. The van der Waals surface area contributed by atoms with Crippen molar-refractivity contribution in [3.05, 3.63) is 28.8 Å². The van der Waals surface area contributed by atoms with Crippen LogP contribution < -0.4 is 0 Å². The van der Waals surface area contributed by atoms with E-state index in [-0.39, 0.29) is 5.15 Å². The third kappa shape index (κ3) is 3.55. The van der Waals surface area contributed by atoms with Gasteiger partial charge in [-0.25, -0.2) is 9.37 Å². The minimum atomic E-state index is -1.81. The summed E-state index contributed by atoms with van der Waals surface area (Å²) in [4.78, 5) is 3.76. The Morgan fingerprint density at radius 3 is 2.26 bits per heavy atom. The van der Waals surface area contributed by atoms with Gasteiger partial charge in [0, 0.05) is 11.8 Å². The van der Waals surface area contributed by atoms with Gasteiger partial charge in [-0.2, -0.15) is 0 Å². The molecule has 0 N–H and O–H groups in total. The van der Waals surface area contributed by atoms with E-state index in [9.17, 15) is 4.39 Å². The highest BCUT2D eigenvalue weighted by Crippen LogP contribution is 2.35. The van der Waals surface area contributed by atoms with Crippen molar-refractivity contribution in [1.82, 2.24) is 4.98 Å². The molecule has 0 unspecified atom stereocenters. The second-order valence-corrected chi connectivity index (χ2v) is 10.4. The molecular weight excluding hydrogens is 281 g/mol. The van der Waals surface area contributed by atoms with Crippen LogP contribution in [0.3, 0.4) is 0 Å². The Bertz CT molecular complexity index is 427. The molecule has 19 heavy (non-hydrogen) atoms. The van der Waals surface area contributed by atoms with E-state index in [1.165, 1.54) is 6.20 Å². The predicted octanol–water partition coefficient (Wildman–Crippen LogP) is 5.13. The van der Waals surface area contributed by atoms with Crippen LogP contribution in [-0.4, -0.2) is 13.3 Å². The fourth-order valence-corrected chi connectivity index (χ4v) is 5.73. The van der Waals surface area contributed by atoms with Crippen LogP contribution in [0.25, 0.3) is 0 Å². The van der Waals surface area contributed by atoms with Crippen LogP contribution in [-0.2, 0) is 10.0 Å². The average molecular weight is 304 g/mol. The SMILES string of the molecule is CC[Si](CC)(CC)OC(C)(C)c1ccnc(Cl)c1F. The van der Waals surface area contributed by atoms with Crippen molar-refractivity contribution >= 4 is 19.9 Å². The van der Waals surface area contributed by atoms with Gasteiger partial charge in [0.15, 0.2) is 19.3 Å². The summed E-state index contributed by atoms with van der Waals surface area (Å²) in [6.45, 7) is 10.3. The van der Waals surface area contributed by atoms with E-state index in [1.807, 2.05) is 13.8 Å². The molecular formula is C14H23ClFNOSi. The first-order valence-electron chi connectivity index (χ1n) is 6.82. The van der Waals surface area contributed by atoms with Crippen molar-refractivity contribution in [1.29, 1.82) is 0 Å². The lowest BCUT2D eigenvalue weighted by molar-refractivity contribution is 0.0898. The smallest absolute Gasteiger partial charge is 0.193 e. The quantitative estimate of drug-likeness (QED) is 0.537. The van der Waals surface area contributed by atoms with Crippen molar-refractivity contribution < 1.29 is 8.82 Å². The van der Waals surface area contributed by atoms with Gasteiger partial charge < -0.3 is 4.43 Å². The first-order chi connectivity index (χ1) is 8.82. The van der Waals surface area contributed by atoms with Gasteiger partial charge in [0.25, 0.3) is 0 Å². The van der Waals surface area contributed by atoms with E-state index in [1.54, 1.807) is 6.07 Å². The summed E-state index contributed by atoms with van der Waals surface area (Å²) in [6.07, 6.45) is 1.53. The minimum Gasteiger partial charge on any atom is -0.408 e. The minimum absolute atomic E-state index is 0.0917. The first-order valence-corrected chi connectivity index (χ1v) is 9.73. The Morgan fingerprint density at radius 1 is 1.26 bits per heavy atom. The second-order valence-electron chi connectivity index (χ2n) is 5.32. The Hall–Kier alpha value is -0.453. The maximum atomic E-state index is 14.1. The number of nitrogens with zero attached hydrogens (tertiary/aromatic N) is 1. The number of hydrogen-bond donors (Lipinski definition) is 0. The van der Waals surface area contributed by atoms with E-state index >= 15 is 0 Å². The Morgan fingerprint density at radius 2 is 1.79 bits per heavy atom. The fraction of sp³-hybridized carbons (Fsp3) is 0.643. The molecule has 0 aliphatic heterocycles. The molecule has 0 saturated carbocycles. The number of aromatic nitrogens is 1. The molecule has 1 heterocycles. The molecule has 0 atom stereocenters. The standard InChI is InChI=1S/C14H23ClFNOSi/c1-6-19(7-2,8-3)18-14(4,5)11-9-10-17-13(15)12(11)16/h9-10H,6-8H2,1-5H3. The van der Waals surface area contributed by atoms with Gasteiger partial charge in [0.2, 0.25) is 0 Å². The van der Waals surface area contributed by atoms with Crippen LogP contribution in [0.1, 0.15) is 40.2 Å². The molecule has 0 aromatic carbocycles. The molecule has 0 fully saturated rings. The van der Waals surface area contributed by atoms with Crippen molar-refractivity contribution in [3.63, 3.8) is 0 Å². The predicted molar refractivity (Wildman–Crippen MR) is 80.5 cm³/mol. The molecule has 0 aliphatic rings. The third-order valence-corrected chi connectivity index (χ3v) is 8.97. The van der Waals surface area contributed by atoms with Crippen molar-refractivity contribution in [3.8, 4) is 0 Å². The zero-order valence-corrected chi connectivity index (χ0v) is 14.1. The van der Waals surface area contributed by atoms with Gasteiger partial charge in [0.05, 0.1) is 5.60 Å². The van der Waals surface area contributed by atoms with Crippen LogP contribution in [0.5, 0.6) is 0 Å². The summed E-state index contributed by atoms with van der Waals surface area (Å²) in [7, 11) is -1.81. The summed E-state index contributed by atoms with van der Waals surface area (Å²) in [5.41, 5.74) is -0.190. The second kappa shape index (κ2) is 6.33. The Kier molecular flexibility index (Phi) is 5.53.